The summed E-state index contributed by atoms with van der Waals surface area (Å²) in [7, 11) is 1.53. The third-order valence-electron chi connectivity index (χ3n) is 19.5. The summed E-state index contributed by atoms with van der Waals surface area (Å²) in [6.07, 6.45) is 18.3. The normalized spacial score (nSPS) is 23.2. The Morgan fingerprint density at radius 1 is 0.976 bits per heavy atom. The average molecular weight is 1150 g/mol. The number of nitrogens with two attached hydrogens (primary N) is 1. The van der Waals surface area contributed by atoms with E-state index in [4.69, 9.17) is 27.5 Å². The number of amides is 3. The zero-order valence-electron chi connectivity index (χ0n) is 49.0. The van der Waals surface area contributed by atoms with Gasteiger partial charge >= 0.3 is 0 Å². The minimum atomic E-state index is -0.772. The zero-order chi connectivity index (χ0) is 59.1. The molecule has 4 saturated heterocycles. The van der Waals surface area contributed by atoms with Crippen LogP contribution < -0.4 is 36.7 Å². The number of hydrogen-bond donors (Lipinski definition) is 7. The minimum absolute atomic E-state index is 0.0278. The van der Waals surface area contributed by atoms with Gasteiger partial charge in [-0.15, -0.1) is 0 Å². The molecule has 85 heavy (non-hydrogen) atoms. The van der Waals surface area contributed by atoms with Gasteiger partial charge in [-0.25, -0.2) is 15.0 Å². The maximum atomic E-state index is 13.5. The third kappa shape index (κ3) is 11.2. The number of amidine groups is 1. The molecule has 0 radical (unpaired) electrons. The van der Waals surface area contributed by atoms with Crippen LogP contribution in [0.3, 0.4) is 0 Å². The van der Waals surface area contributed by atoms with Gasteiger partial charge in [0.05, 0.1) is 45.8 Å². The Bertz CT molecular complexity index is 3430. The highest BCUT2D eigenvalue weighted by atomic mass is 16.5. The third-order valence-corrected chi connectivity index (χ3v) is 19.5. The highest BCUT2D eigenvalue weighted by Crippen LogP contribution is 2.54. The Morgan fingerprint density at radius 3 is 2.42 bits per heavy atom. The monoisotopic (exact) mass is 1150 g/mol. The molecule has 5 aliphatic heterocycles. The summed E-state index contributed by atoms with van der Waals surface area (Å²) in [6, 6.07) is 22.8. The molecular formula is C66H78N14O5. The Hall–Kier alpha value is -8.29. The van der Waals surface area contributed by atoms with Gasteiger partial charge in [-0.3, -0.25) is 45.7 Å². The molecule has 3 unspecified atom stereocenters. The van der Waals surface area contributed by atoms with Crippen molar-refractivity contribution in [1.82, 2.24) is 40.8 Å². The molecule has 442 valence electrons. The molecule has 2 saturated carbocycles. The lowest BCUT2D eigenvalue weighted by molar-refractivity contribution is -0.136. The number of rotatable bonds is 18. The molecule has 12 rings (SSSR count). The van der Waals surface area contributed by atoms with Gasteiger partial charge in [0.15, 0.2) is 12.1 Å². The number of nitrogens with one attached hydrogen (secondary N) is 6. The number of likely N-dealkylation sites (tertiary alicyclic amines) is 1. The van der Waals surface area contributed by atoms with E-state index < -0.39 is 17.9 Å². The Labute approximate surface area is 497 Å². The van der Waals surface area contributed by atoms with Gasteiger partial charge in [0.25, 0.3) is 5.91 Å². The molecule has 4 aromatic rings. The van der Waals surface area contributed by atoms with E-state index in [1.54, 1.807) is 12.1 Å². The second kappa shape index (κ2) is 23.6. The van der Waals surface area contributed by atoms with E-state index in [9.17, 15) is 24.6 Å². The van der Waals surface area contributed by atoms with Crippen LogP contribution in [0.1, 0.15) is 121 Å². The smallest absolute Gasteiger partial charge is 0.255 e. The second-order valence-corrected chi connectivity index (χ2v) is 25.0. The number of piperidine rings is 1. The molecule has 2 spiro atoms. The van der Waals surface area contributed by atoms with Crippen molar-refractivity contribution >= 4 is 59.1 Å². The second-order valence-electron chi connectivity index (χ2n) is 25.0. The molecule has 6 heterocycles. The number of carbonyl (C=O) groups is 4. The number of aromatic nitrogens is 2. The van der Waals surface area contributed by atoms with Crippen molar-refractivity contribution in [3.05, 3.63) is 154 Å². The lowest BCUT2D eigenvalue weighted by Crippen LogP contribution is -2.67. The summed E-state index contributed by atoms with van der Waals surface area (Å²) < 4.78 is 6.86. The molecular weight excluding hydrogens is 1070 g/mol. The van der Waals surface area contributed by atoms with Crippen LogP contribution in [0.5, 0.6) is 5.75 Å². The van der Waals surface area contributed by atoms with Crippen molar-refractivity contribution in [3.8, 4) is 5.75 Å². The maximum absolute atomic E-state index is 13.5. The number of nitrogens with zero attached hydrogens (tertiary/aromatic N) is 7. The summed E-state index contributed by atoms with van der Waals surface area (Å²) in [5.41, 5.74) is 18.1. The number of anilines is 3. The maximum Gasteiger partial charge on any atom is 0.255 e. The summed E-state index contributed by atoms with van der Waals surface area (Å²) >= 11 is 0. The van der Waals surface area contributed by atoms with Gasteiger partial charge < -0.3 is 35.8 Å². The summed E-state index contributed by atoms with van der Waals surface area (Å²) in [4.78, 5) is 69.8. The van der Waals surface area contributed by atoms with Crippen molar-refractivity contribution in [3.63, 3.8) is 0 Å². The van der Waals surface area contributed by atoms with Gasteiger partial charge in [-0.05, 0) is 124 Å². The highest BCUT2D eigenvalue weighted by Gasteiger charge is 2.56. The number of aryl methyl sites for hydroxylation is 1. The van der Waals surface area contributed by atoms with Crippen LogP contribution in [-0.2, 0) is 9.59 Å². The fourth-order valence-electron chi connectivity index (χ4n) is 14.6. The molecule has 3 amide bonds. The predicted octanol–water partition coefficient (Wildman–Crippen LogP) is 8.12. The Morgan fingerprint density at radius 2 is 1.73 bits per heavy atom. The summed E-state index contributed by atoms with van der Waals surface area (Å²) in [5, 5.41) is 30.9. The molecule has 3 atom stereocenters. The van der Waals surface area contributed by atoms with E-state index >= 15 is 0 Å². The molecule has 19 heteroatoms. The number of hydrazine groups is 1. The number of para-hydroxylation sites is 1. The van der Waals surface area contributed by atoms with Gasteiger partial charge in [0.1, 0.15) is 35.5 Å². The molecule has 0 bridgehead atoms. The number of ether oxygens (including phenoxy) is 1. The van der Waals surface area contributed by atoms with Crippen LogP contribution in [0.15, 0.2) is 131 Å². The standard InChI is InChI=1S/C66H78N14O5/c1-5-6-30-70-60(68)54-41(3)80(46-24-26-65(27-25-46)37-78(38-65)32-42-33-79(34-42)47-16-17-49(44(31-47)35-81)64(84)77(4)51-19-21-53(82)75-63(51)83)76-58(54)50-18-20-52(85-48-10-8-7-9-11-48)55(50)59-66(36-71-59)28-22-45(23-29-66)74-62-56(61(69)72-39-73-62)57(67)43-14-12-40(2)13-15-43/h7-18,20,30-31,35,39,42,45-46,51,55,59,67-68,71,76H,3,5-6,19,21-29,32-34,36-38H2,1-2,4H3,(H,75,82,83)(H3,69,72,73,74). The number of allylic oxidation sites excluding steroid dienone is 3. The van der Waals surface area contributed by atoms with Crippen molar-refractivity contribution in [2.24, 2.45) is 27.7 Å². The predicted molar refractivity (Wildman–Crippen MR) is 330 cm³/mol. The number of imide groups is 1. The number of unbranched alkanes of at least 4 members (excludes halogenated alkanes) is 1. The molecule has 1 aromatic heterocycles. The number of likely N-dealkylation sites (N-methyl/N-ethyl adjacent to an activating group) is 1. The van der Waals surface area contributed by atoms with E-state index in [0.29, 0.717) is 29.3 Å². The van der Waals surface area contributed by atoms with Gasteiger partial charge in [0.2, 0.25) is 11.8 Å². The van der Waals surface area contributed by atoms with Crippen molar-refractivity contribution in [2.75, 3.05) is 62.3 Å². The van der Waals surface area contributed by atoms with Crippen LogP contribution >= 0.6 is 0 Å². The number of nitrogen functional groups attached to an aromatic ring is 1. The topological polar surface area (TPSA) is 250 Å². The number of aldehydes is 1. The molecule has 6 fully saturated rings. The Kier molecular flexibility index (Phi) is 15.9. The van der Waals surface area contributed by atoms with Crippen LogP contribution in [0.4, 0.5) is 17.3 Å². The van der Waals surface area contributed by atoms with E-state index in [1.807, 2.05) is 73.8 Å². The largest absolute Gasteiger partial charge is 0.461 e. The van der Waals surface area contributed by atoms with Crippen LogP contribution in [-0.4, -0.2) is 137 Å². The average Bonchev–Trinajstić information content (AvgIpc) is 1.83. The zero-order valence-corrected chi connectivity index (χ0v) is 49.0. The van der Waals surface area contributed by atoms with Crippen LogP contribution in [0.2, 0.25) is 0 Å². The van der Waals surface area contributed by atoms with E-state index in [2.05, 4.69) is 65.2 Å². The van der Waals surface area contributed by atoms with Crippen molar-refractivity contribution in [1.29, 1.82) is 10.8 Å². The number of aliphatic imine (C=N–C) groups is 1. The first-order valence-electron chi connectivity index (χ1n) is 30.3. The van der Waals surface area contributed by atoms with Crippen molar-refractivity contribution < 1.29 is 23.9 Å². The fourth-order valence-corrected chi connectivity index (χ4v) is 14.6. The SMILES string of the molecule is C=C1C(C(=N)N=CCCC)=C(C2=CC=C(Oc3ccccc3)C2C2NCC23CCC(Nc2ncnc(N)c2C(=N)c2ccc(C)cc2)CC3)NN1C1CCC2(CC1)CN(CC1CN(c3ccc(C(=O)N(C)C4CCC(=O)NC4=O)c(C=O)c3)C1)C2. The van der Waals surface area contributed by atoms with Gasteiger partial charge in [-0.1, -0.05) is 74.0 Å². The van der Waals surface area contributed by atoms with E-state index in [0.717, 1.165) is 154 Å². The van der Waals surface area contributed by atoms with Crippen molar-refractivity contribution in [2.45, 2.75) is 115 Å². The number of benzene rings is 3. The number of carbonyl (C=O) groups excluding carboxylic acids is 4. The number of hydrogen-bond acceptors (Lipinski definition) is 16. The Balaban J connectivity index is 0.691. The first kappa shape index (κ1) is 57.2. The van der Waals surface area contributed by atoms with E-state index in [1.165, 1.54) is 18.3 Å². The highest BCUT2D eigenvalue weighted by molar-refractivity contribution is 6.16. The van der Waals surface area contributed by atoms with Crippen LogP contribution in [0.25, 0.3) is 0 Å². The molecule has 8 aliphatic rings. The lowest BCUT2D eigenvalue weighted by atomic mass is 9.59. The fraction of sp³-hybridized carbons (Fsp3) is 0.439. The van der Waals surface area contributed by atoms with Crippen LogP contribution in [0, 0.1) is 40.4 Å². The molecule has 19 nitrogen and oxygen atoms in total. The quantitative estimate of drug-likeness (QED) is 0.0215. The first-order chi connectivity index (χ1) is 41.1. The van der Waals surface area contributed by atoms with Gasteiger partial charge in [0, 0.05) is 93.8 Å². The lowest BCUT2D eigenvalue weighted by Gasteiger charge is -2.57. The molecule has 3 aliphatic carbocycles. The summed E-state index contributed by atoms with van der Waals surface area (Å²) in [5.74, 6) is 1.74. The summed E-state index contributed by atoms with van der Waals surface area (Å²) in [6.45, 7) is 14.6. The minimum Gasteiger partial charge on any atom is -0.461 e. The van der Waals surface area contributed by atoms with Gasteiger partial charge in [-0.2, -0.15) is 0 Å². The molecule has 8 N–H and O–H groups in total. The first-order valence-corrected chi connectivity index (χ1v) is 30.3. The molecule has 3 aromatic carbocycles. The van der Waals surface area contributed by atoms with E-state index in [-0.39, 0.29) is 76.4 Å².